The van der Waals surface area contributed by atoms with E-state index < -0.39 is 5.92 Å². The number of pyridine rings is 1. The molecule has 0 aliphatic heterocycles. The van der Waals surface area contributed by atoms with Crippen molar-refractivity contribution in [2.24, 2.45) is 0 Å². The lowest BCUT2D eigenvalue weighted by atomic mass is 10.0. The molecular formula is C14H15NO3. The van der Waals surface area contributed by atoms with Gasteiger partial charge in [-0.1, -0.05) is 24.3 Å². The molecule has 0 saturated carbocycles. The third-order valence-corrected chi connectivity index (χ3v) is 2.92. The largest absolute Gasteiger partial charge is 0.481 e. The molecule has 0 bridgehead atoms. The Morgan fingerprint density at radius 1 is 1.28 bits per heavy atom. The number of esters is 1. The third-order valence-electron chi connectivity index (χ3n) is 2.92. The van der Waals surface area contributed by atoms with Crippen LogP contribution in [0.2, 0.25) is 0 Å². The van der Waals surface area contributed by atoms with Crippen molar-refractivity contribution in [1.82, 2.24) is 4.98 Å². The number of carbonyl (C=O) groups excluding carboxylic acids is 1. The van der Waals surface area contributed by atoms with Gasteiger partial charge in [0.1, 0.15) is 0 Å². The van der Waals surface area contributed by atoms with E-state index in [4.69, 9.17) is 9.47 Å². The van der Waals surface area contributed by atoms with Crippen LogP contribution in [0.3, 0.4) is 0 Å². The third kappa shape index (κ3) is 2.14. The van der Waals surface area contributed by atoms with Crippen molar-refractivity contribution in [2.75, 3.05) is 14.2 Å². The summed E-state index contributed by atoms with van der Waals surface area (Å²) >= 11 is 0. The fraction of sp³-hybridized carbons (Fsp3) is 0.286. The molecule has 0 aliphatic rings. The van der Waals surface area contributed by atoms with Gasteiger partial charge >= 0.3 is 5.97 Å². The Bertz CT molecular complexity index is 580. The molecule has 1 aromatic carbocycles. The smallest absolute Gasteiger partial charge is 0.314 e. The van der Waals surface area contributed by atoms with E-state index in [1.165, 1.54) is 7.11 Å². The van der Waals surface area contributed by atoms with Gasteiger partial charge in [0.15, 0.2) is 0 Å². The molecule has 2 aromatic rings. The van der Waals surface area contributed by atoms with E-state index in [-0.39, 0.29) is 5.97 Å². The predicted molar refractivity (Wildman–Crippen MR) is 68.7 cm³/mol. The van der Waals surface area contributed by atoms with E-state index in [0.717, 1.165) is 10.8 Å². The van der Waals surface area contributed by atoms with Crippen molar-refractivity contribution < 1.29 is 14.3 Å². The fourth-order valence-electron chi connectivity index (χ4n) is 1.92. The second-order valence-electron chi connectivity index (χ2n) is 4.02. The second-order valence-corrected chi connectivity index (χ2v) is 4.02. The van der Waals surface area contributed by atoms with Crippen molar-refractivity contribution in [3.05, 3.63) is 36.0 Å². The van der Waals surface area contributed by atoms with Gasteiger partial charge in [-0.05, 0) is 12.3 Å². The lowest BCUT2D eigenvalue weighted by Gasteiger charge is -2.13. The summed E-state index contributed by atoms with van der Waals surface area (Å²) in [5.74, 6) is -0.227. The van der Waals surface area contributed by atoms with Gasteiger partial charge in [-0.15, -0.1) is 0 Å². The minimum Gasteiger partial charge on any atom is -0.481 e. The first-order valence-electron chi connectivity index (χ1n) is 5.69. The molecule has 1 unspecified atom stereocenters. The van der Waals surface area contributed by atoms with Gasteiger partial charge in [0.2, 0.25) is 5.88 Å². The van der Waals surface area contributed by atoms with Crippen molar-refractivity contribution >= 4 is 16.7 Å². The highest BCUT2D eigenvalue weighted by Crippen LogP contribution is 2.27. The van der Waals surface area contributed by atoms with E-state index in [2.05, 4.69) is 4.98 Å². The summed E-state index contributed by atoms with van der Waals surface area (Å²) in [6.07, 6.45) is 0. The average Bonchev–Trinajstić information content (AvgIpc) is 2.44. The van der Waals surface area contributed by atoms with Crippen LogP contribution < -0.4 is 4.74 Å². The Labute approximate surface area is 106 Å². The zero-order valence-corrected chi connectivity index (χ0v) is 10.6. The second kappa shape index (κ2) is 5.04. The first-order valence-corrected chi connectivity index (χ1v) is 5.69. The van der Waals surface area contributed by atoms with E-state index >= 15 is 0 Å². The summed E-state index contributed by atoms with van der Waals surface area (Å²) in [4.78, 5) is 16.0. The number of nitrogens with zero attached hydrogens (tertiary/aromatic N) is 1. The van der Waals surface area contributed by atoms with Gasteiger partial charge in [-0.2, -0.15) is 0 Å². The molecule has 18 heavy (non-hydrogen) atoms. The minimum absolute atomic E-state index is 0.305. The number of aromatic nitrogens is 1. The molecule has 0 N–H and O–H groups in total. The first kappa shape index (κ1) is 12.4. The maximum Gasteiger partial charge on any atom is 0.314 e. The van der Waals surface area contributed by atoms with Crippen LogP contribution in [0.15, 0.2) is 30.3 Å². The van der Waals surface area contributed by atoms with Gasteiger partial charge in [0, 0.05) is 11.5 Å². The Hall–Kier alpha value is -2.10. The van der Waals surface area contributed by atoms with Crippen LogP contribution in [-0.2, 0) is 9.53 Å². The van der Waals surface area contributed by atoms with Crippen LogP contribution in [-0.4, -0.2) is 25.2 Å². The van der Waals surface area contributed by atoms with Crippen LogP contribution in [0.5, 0.6) is 5.88 Å². The number of rotatable bonds is 3. The molecule has 1 aromatic heterocycles. The number of hydrogen-bond acceptors (Lipinski definition) is 4. The molecule has 0 aliphatic carbocycles. The quantitative estimate of drug-likeness (QED) is 0.780. The van der Waals surface area contributed by atoms with Crippen LogP contribution in [0.25, 0.3) is 10.8 Å². The average molecular weight is 245 g/mol. The van der Waals surface area contributed by atoms with E-state index in [1.807, 2.05) is 30.3 Å². The number of benzene rings is 1. The number of fused-ring (bicyclic) bond motifs is 1. The maximum atomic E-state index is 11.7. The highest BCUT2D eigenvalue weighted by molar-refractivity contribution is 5.90. The highest BCUT2D eigenvalue weighted by Gasteiger charge is 2.20. The fourth-order valence-corrected chi connectivity index (χ4v) is 1.92. The van der Waals surface area contributed by atoms with Crippen LogP contribution in [0.1, 0.15) is 18.5 Å². The van der Waals surface area contributed by atoms with Gasteiger partial charge in [-0.25, -0.2) is 4.98 Å². The van der Waals surface area contributed by atoms with E-state index in [0.29, 0.717) is 11.6 Å². The lowest BCUT2D eigenvalue weighted by molar-refractivity contribution is -0.142. The number of methoxy groups -OCH3 is 2. The van der Waals surface area contributed by atoms with Crippen LogP contribution in [0, 0.1) is 0 Å². The van der Waals surface area contributed by atoms with Gasteiger partial charge < -0.3 is 9.47 Å². The molecule has 4 nitrogen and oxygen atoms in total. The highest BCUT2D eigenvalue weighted by atomic mass is 16.5. The topological polar surface area (TPSA) is 48.4 Å². The molecule has 1 atom stereocenters. The van der Waals surface area contributed by atoms with Crippen LogP contribution >= 0.6 is 0 Å². The summed E-state index contributed by atoms with van der Waals surface area (Å²) in [7, 11) is 2.94. The van der Waals surface area contributed by atoms with Gasteiger partial charge in [0.05, 0.1) is 25.8 Å². The summed E-state index contributed by atoms with van der Waals surface area (Å²) < 4.78 is 9.93. The maximum absolute atomic E-state index is 11.7. The van der Waals surface area contributed by atoms with Gasteiger partial charge in [-0.3, -0.25) is 4.79 Å². The number of ether oxygens (including phenoxy) is 2. The Kier molecular flexibility index (Phi) is 3.46. The predicted octanol–water partition coefficient (Wildman–Crippen LogP) is 2.52. The number of hydrogen-bond donors (Lipinski definition) is 0. The molecule has 1 heterocycles. The summed E-state index contributed by atoms with van der Waals surface area (Å²) in [6, 6.07) is 9.62. The Morgan fingerprint density at radius 2 is 2.00 bits per heavy atom. The first-order chi connectivity index (χ1) is 8.67. The van der Waals surface area contributed by atoms with Crippen LogP contribution in [0.4, 0.5) is 0 Å². The van der Waals surface area contributed by atoms with Crippen molar-refractivity contribution in [3.8, 4) is 5.88 Å². The van der Waals surface area contributed by atoms with Crippen molar-refractivity contribution in [2.45, 2.75) is 12.8 Å². The molecule has 2 rings (SSSR count). The molecule has 0 saturated heterocycles. The van der Waals surface area contributed by atoms with Crippen molar-refractivity contribution in [3.63, 3.8) is 0 Å². The molecule has 0 spiro atoms. The molecule has 0 radical (unpaired) electrons. The molecule has 94 valence electrons. The molecular weight excluding hydrogens is 230 g/mol. The lowest BCUT2D eigenvalue weighted by Crippen LogP contribution is -2.13. The number of carbonyl (C=O) groups is 1. The SMILES string of the molecule is COC(=O)C(C)c1nc(OC)cc2ccccc12. The van der Waals surface area contributed by atoms with E-state index in [1.54, 1.807) is 14.0 Å². The summed E-state index contributed by atoms with van der Waals surface area (Å²) in [5.41, 5.74) is 0.678. The monoisotopic (exact) mass is 245 g/mol. The zero-order valence-electron chi connectivity index (χ0n) is 10.6. The Morgan fingerprint density at radius 3 is 2.67 bits per heavy atom. The Balaban J connectivity index is 2.63. The standard InChI is InChI=1S/C14H15NO3/c1-9(14(16)18-3)13-11-7-5-4-6-10(11)8-12(15-13)17-2/h4-9H,1-3H3. The van der Waals surface area contributed by atoms with E-state index in [9.17, 15) is 4.79 Å². The van der Waals surface area contributed by atoms with Crippen molar-refractivity contribution in [1.29, 1.82) is 0 Å². The summed E-state index contributed by atoms with van der Waals surface area (Å²) in [6.45, 7) is 1.78. The molecule has 0 amide bonds. The zero-order chi connectivity index (χ0) is 13.1. The molecule has 0 fully saturated rings. The van der Waals surface area contributed by atoms with Gasteiger partial charge in [0.25, 0.3) is 0 Å². The molecule has 4 heteroatoms. The minimum atomic E-state index is -0.421. The normalized spacial score (nSPS) is 12.2. The summed E-state index contributed by atoms with van der Waals surface area (Å²) in [5, 5.41) is 1.94.